The third-order valence-electron chi connectivity index (χ3n) is 2.21. The first-order chi connectivity index (χ1) is 5.02. The van der Waals surface area contributed by atoms with Crippen LogP contribution in [0.5, 0.6) is 0 Å². The molecule has 1 rings (SSSR count). The fraction of sp³-hybridized carbons (Fsp3) is 0.625. The number of aliphatic hydroxyl groups is 1. The van der Waals surface area contributed by atoms with Crippen LogP contribution < -0.4 is 0 Å². The summed E-state index contributed by atoms with van der Waals surface area (Å²) < 4.78 is 4.94. The highest BCUT2D eigenvalue weighted by molar-refractivity contribution is 6.04. The van der Waals surface area contributed by atoms with Gasteiger partial charge in [0.05, 0.1) is 0 Å². The van der Waals surface area contributed by atoms with E-state index in [4.69, 9.17) is 4.74 Å². The molecule has 0 saturated heterocycles. The normalized spacial score (nSPS) is 37.6. The van der Waals surface area contributed by atoms with Gasteiger partial charge < -0.3 is 9.84 Å². The second kappa shape index (κ2) is 2.43. The minimum atomic E-state index is -1.05. The summed E-state index contributed by atoms with van der Waals surface area (Å²) in [6.45, 7) is 3.27. The first-order valence-electron chi connectivity index (χ1n) is 3.49. The van der Waals surface area contributed by atoms with Crippen LogP contribution in [0.3, 0.4) is 0 Å². The van der Waals surface area contributed by atoms with Crippen LogP contribution in [0.25, 0.3) is 0 Å². The van der Waals surface area contributed by atoms with Crippen LogP contribution in [0.2, 0.25) is 0 Å². The topological polar surface area (TPSA) is 46.5 Å². The quantitative estimate of drug-likeness (QED) is 0.593. The minimum absolute atomic E-state index is 0.132. The summed E-state index contributed by atoms with van der Waals surface area (Å²) in [5.41, 5.74) is -0.480. The maximum Gasteiger partial charge on any atom is 0.192 e. The van der Waals surface area contributed by atoms with Crippen molar-refractivity contribution in [1.82, 2.24) is 0 Å². The molecule has 0 radical (unpaired) electrons. The summed E-state index contributed by atoms with van der Waals surface area (Å²) in [4.78, 5) is 11.3. The van der Waals surface area contributed by atoms with E-state index in [0.717, 1.165) is 0 Å². The Morgan fingerprint density at radius 1 is 1.73 bits per heavy atom. The molecule has 1 N–H and O–H groups in total. The molecule has 0 bridgehead atoms. The van der Waals surface area contributed by atoms with Gasteiger partial charge in [0, 0.05) is 7.11 Å². The van der Waals surface area contributed by atoms with E-state index in [2.05, 4.69) is 0 Å². The van der Waals surface area contributed by atoms with E-state index >= 15 is 0 Å². The van der Waals surface area contributed by atoms with Crippen LogP contribution >= 0.6 is 0 Å². The fourth-order valence-electron chi connectivity index (χ4n) is 1.21. The van der Waals surface area contributed by atoms with E-state index < -0.39 is 11.7 Å². The molecule has 0 saturated carbocycles. The van der Waals surface area contributed by atoms with E-state index in [1.807, 2.05) is 0 Å². The second-order valence-electron chi connectivity index (χ2n) is 2.93. The minimum Gasteiger partial charge on any atom is -0.385 e. The van der Waals surface area contributed by atoms with E-state index in [1.165, 1.54) is 13.2 Å². The predicted octanol–water partition coefficient (Wildman–Crippen LogP) is 0.281. The monoisotopic (exact) mass is 156 g/mol. The van der Waals surface area contributed by atoms with Crippen LogP contribution in [0.1, 0.15) is 13.8 Å². The number of aliphatic hydroxyl groups excluding tert-OH is 1. The van der Waals surface area contributed by atoms with Crippen molar-refractivity contribution in [2.45, 2.75) is 25.6 Å². The number of carbonyl (C=O) groups is 1. The lowest BCUT2D eigenvalue weighted by Gasteiger charge is -2.24. The average molecular weight is 156 g/mol. The first kappa shape index (κ1) is 8.43. The molecule has 1 aliphatic rings. The zero-order chi connectivity index (χ0) is 8.65. The van der Waals surface area contributed by atoms with Crippen LogP contribution in [0.15, 0.2) is 11.6 Å². The lowest BCUT2D eigenvalue weighted by Crippen LogP contribution is -2.43. The van der Waals surface area contributed by atoms with Gasteiger partial charge in [-0.1, -0.05) is 0 Å². The van der Waals surface area contributed by atoms with Crippen LogP contribution in [-0.2, 0) is 9.53 Å². The highest BCUT2D eigenvalue weighted by Crippen LogP contribution is 2.28. The van der Waals surface area contributed by atoms with Gasteiger partial charge in [0.15, 0.2) is 11.4 Å². The van der Waals surface area contributed by atoms with Crippen molar-refractivity contribution in [2.24, 2.45) is 0 Å². The molecule has 11 heavy (non-hydrogen) atoms. The highest BCUT2D eigenvalue weighted by atomic mass is 16.5. The van der Waals surface area contributed by atoms with Gasteiger partial charge >= 0.3 is 0 Å². The molecule has 0 fully saturated rings. The fourth-order valence-corrected chi connectivity index (χ4v) is 1.21. The third-order valence-corrected chi connectivity index (χ3v) is 2.21. The zero-order valence-electron chi connectivity index (χ0n) is 6.92. The zero-order valence-corrected chi connectivity index (χ0v) is 6.92. The summed E-state index contributed by atoms with van der Waals surface area (Å²) in [6, 6.07) is 0. The van der Waals surface area contributed by atoms with E-state index in [-0.39, 0.29) is 5.78 Å². The number of hydrogen-bond donors (Lipinski definition) is 1. The molecule has 2 unspecified atom stereocenters. The van der Waals surface area contributed by atoms with Crippen molar-refractivity contribution in [3.05, 3.63) is 11.6 Å². The maximum atomic E-state index is 11.3. The predicted molar refractivity (Wildman–Crippen MR) is 40.2 cm³/mol. The molecule has 0 amide bonds. The smallest absolute Gasteiger partial charge is 0.192 e. The van der Waals surface area contributed by atoms with Gasteiger partial charge in [-0.05, 0) is 25.5 Å². The van der Waals surface area contributed by atoms with Gasteiger partial charge in [0.25, 0.3) is 0 Å². The SMILES string of the molecule is COC1(C)C(=O)C(C)=CC1O. The molecule has 0 aromatic rings. The Labute approximate surface area is 65.7 Å². The number of rotatable bonds is 1. The Morgan fingerprint density at radius 3 is 2.45 bits per heavy atom. The summed E-state index contributed by atoms with van der Waals surface area (Å²) >= 11 is 0. The molecule has 3 heteroatoms. The van der Waals surface area contributed by atoms with Crippen molar-refractivity contribution in [3.8, 4) is 0 Å². The molecular weight excluding hydrogens is 144 g/mol. The second-order valence-corrected chi connectivity index (χ2v) is 2.93. The Balaban J connectivity index is 2.97. The molecule has 0 aliphatic heterocycles. The maximum absolute atomic E-state index is 11.3. The molecule has 2 atom stereocenters. The van der Waals surface area contributed by atoms with Gasteiger partial charge in [-0.2, -0.15) is 0 Å². The number of ketones is 1. The summed E-state index contributed by atoms with van der Waals surface area (Å²) in [7, 11) is 1.42. The Morgan fingerprint density at radius 2 is 2.27 bits per heavy atom. The molecule has 1 aliphatic carbocycles. The molecule has 3 nitrogen and oxygen atoms in total. The van der Waals surface area contributed by atoms with Crippen molar-refractivity contribution in [3.63, 3.8) is 0 Å². The number of carbonyl (C=O) groups excluding carboxylic acids is 1. The van der Waals surface area contributed by atoms with Crippen molar-refractivity contribution < 1.29 is 14.6 Å². The lowest BCUT2D eigenvalue weighted by atomic mass is 9.99. The van der Waals surface area contributed by atoms with Crippen molar-refractivity contribution in [1.29, 1.82) is 0 Å². The van der Waals surface area contributed by atoms with Crippen molar-refractivity contribution >= 4 is 5.78 Å². The summed E-state index contributed by atoms with van der Waals surface area (Å²) in [5, 5.41) is 9.37. The molecule has 0 spiro atoms. The third kappa shape index (κ3) is 1.01. The number of hydrogen-bond acceptors (Lipinski definition) is 3. The van der Waals surface area contributed by atoms with Gasteiger partial charge in [0.2, 0.25) is 0 Å². The van der Waals surface area contributed by atoms with E-state index in [1.54, 1.807) is 13.8 Å². The molecule has 0 aromatic carbocycles. The molecule has 62 valence electrons. The molecule has 0 heterocycles. The summed E-state index contributed by atoms with van der Waals surface area (Å²) in [5.74, 6) is -0.132. The lowest BCUT2D eigenvalue weighted by molar-refractivity contribution is -0.141. The van der Waals surface area contributed by atoms with Gasteiger partial charge in [-0.25, -0.2) is 0 Å². The highest BCUT2D eigenvalue weighted by Gasteiger charge is 2.44. The van der Waals surface area contributed by atoms with Crippen LogP contribution in [0, 0.1) is 0 Å². The number of Topliss-reactive ketones (excluding diaryl/α,β-unsaturated/α-hetero) is 1. The van der Waals surface area contributed by atoms with Crippen LogP contribution in [-0.4, -0.2) is 29.7 Å². The number of ether oxygens (including phenoxy) is 1. The molecule has 0 aromatic heterocycles. The summed E-state index contributed by atoms with van der Waals surface area (Å²) in [6.07, 6.45) is 0.714. The standard InChI is InChI=1S/C8H12O3/c1-5-4-6(9)8(2,11-3)7(5)10/h4,6,9H,1-3H3. The van der Waals surface area contributed by atoms with Gasteiger partial charge in [0.1, 0.15) is 6.10 Å². The average Bonchev–Trinajstić information content (AvgIpc) is 2.16. The van der Waals surface area contributed by atoms with Crippen molar-refractivity contribution in [2.75, 3.05) is 7.11 Å². The Hall–Kier alpha value is -0.670. The Kier molecular flexibility index (Phi) is 1.86. The first-order valence-corrected chi connectivity index (χ1v) is 3.49. The number of methoxy groups -OCH3 is 1. The van der Waals surface area contributed by atoms with E-state index in [9.17, 15) is 9.90 Å². The largest absolute Gasteiger partial charge is 0.385 e. The van der Waals surface area contributed by atoms with Gasteiger partial charge in [-0.15, -0.1) is 0 Å². The van der Waals surface area contributed by atoms with Gasteiger partial charge in [-0.3, -0.25) is 4.79 Å². The van der Waals surface area contributed by atoms with Crippen LogP contribution in [0.4, 0.5) is 0 Å². The Bertz CT molecular complexity index is 219. The molecular formula is C8H12O3. The van der Waals surface area contributed by atoms with E-state index in [0.29, 0.717) is 5.57 Å².